The molecule has 228 valence electrons. The Morgan fingerprint density at radius 3 is 1.21 bits per heavy atom. The van der Waals surface area contributed by atoms with Gasteiger partial charge in [-0.05, 0) is 65.2 Å². The Balaban J connectivity index is 1.45. The van der Waals surface area contributed by atoms with Gasteiger partial charge in [0.1, 0.15) is 23.9 Å². The predicted octanol–water partition coefficient (Wildman–Crippen LogP) is 5.95. The highest BCUT2D eigenvalue weighted by Gasteiger charge is 2.14. The van der Waals surface area contributed by atoms with E-state index in [9.17, 15) is 0 Å². The van der Waals surface area contributed by atoms with Crippen molar-refractivity contribution in [2.75, 3.05) is 87.4 Å². The fourth-order valence-corrected chi connectivity index (χ4v) is 4.24. The minimum Gasteiger partial charge on any atom is -0.497 e. The van der Waals surface area contributed by atoms with Crippen LogP contribution in [0, 0.1) is 0 Å². The van der Waals surface area contributed by atoms with Crippen molar-refractivity contribution in [3.8, 4) is 17.2 Å². The second-order valence-corrected chi connectivity index (χ2v) is 9.34. The molecule has 0 saturated carbocycles. The molecule has 0 aliphatic rings. The average molecular weight is 601 g/mol. The smallest absolute Gasteiger partial charge is 0.119 e. The third-order valence-electron chi connectivity index (χ3n) is 6.13. The van der Waals surface area contributed by atoms with Crippen molar-refractivity contribution < 1.29 is 37.9 Å². The lowest BCUT2D eigenvalue weighted by atomic mass is 9.95. The second kappa shape index (κ2) is 19.9. The van der Waals surface area contributed by atoms with E-state index in [4.69, 9.17) is 49.5 Å². The van der Waals surface area contributed by atoms with Crippen LogP contribution in [0.1, 0.15) is 16.7 Å². The van der Waals surface area contributed by atoms with Crippen molar-refractivity contribution in [1.82, 2.24) is 0 Å². The number of rotatable bonds is 21. The lowest BCUT2D eigenvalue weighted by Crippen LogP contribution is -2.14. The summed E-state index contributed by atoms with van der Waals surface area (Å²) < 4.78 is 43.3. The van der Waals surface area contributed by atoms with E-state index in [0.717, 1.165) is 39.5 Å². The normalized spacial score (nSPS) is 11.7. The fraction of sp³-hybridized carbons (Fsp3) is 0.394. The van der Waals surface area contributed by atoms with E-state index in [1.807, 2.05) is 72.8 Å². The zero-order valence-electron chi connectivity index (χ0n) is 24.6. The average Bonchev–Trinajstić information content (AvgIpc) is 3.04. The monoisotopic (exact) mass is 600 g/mol. The molecule has 8 nitrogen and oxygen atoms in total. The Bertz CT molecular complexity index is 1160. The van der Waals surface area contributed by atoms with E-state index < -0.39 is 0 Å². The van der Waals surface area contributed by atoms with Crippen LogP contribution in [0.2, 0.25) is 0 Å². The largest absolute Gasteiger partial charge is 0.497 e. The molecular formula is C33H41ClO8. The molecule has 0 radical (unpaired) electrons. The third-order valence-corrected chi connectivity index (χ3v) is 6.54. The summed E-state index contributed by atoms with van der Waals surface area (Å²) in [6.45, 7) is 5.16. The molecule has 0 bridgehead atoms. The molecule has 0 aliphatic heterocycles. The van der Waals surface area contributed by atoms with Gasteiger partial charge in [0.25, 0.3) is 0 Å². The SMILES string of the molecule is COCCOCCOCCOCCOCCOc1ccc(C(=C(Cl)c2ccc(OC)cc2)c2ccc(OC)cc2)cc1. The highest BCUT2D eigenvalue weighted by molar-refractivity contribution is 6.53. The van der Waals surface area contributed by atoms with Crippen LogP contribution in [-0.2, 0) is 23.7 Å². The van der Waals surface area contributed by atoms with Gasteiger partial charge in [-0.3, -0.25) is 0 Å². The molecule has 0 unspecified atom stereocenters. The number of benzene rings is 3. The Morgan fingerprint density at radius 2 is 0.810 bits per heavy atom. The van der Waals surface area contributed by atoms with Crippen molar-refractivity contribution in [2.45, 2.75) is 0 Å². The van der Waals surface area contributed by atoms with Gasteiger partial charge >= 0.3 is 0 Å². The number of hydrogen-bond acceptors (Lipinski definition) is 8. The molecule has 0 aromatic heterocycles. The highest BCUT2D eigenvalue weighted by Crippen LogP contribution is 2.36. The first-order valence-corrected chi connectivity index (χ1v) is 14.3. The van der Waals surface area contributed by atoms with Gasteiger partial charge in [-0.15, -0.1) is 0 Å². The predicted molar refractivity (Wildman–Crippen MR) is 165 cm³/mol. The van der Waals surface area contributed by atoms with E-state index in [-0.39, 0.29) is 0 Å². The maximum atomic E-state index is 6.99. The van der Waals surface area contributed by atoms with Gasteiger partial charge in [-0.2, -0.15) is 0 Å². The summed E-state index contributed by atoms with van der Waals surface area (Å²) in [5.74, 6) is 2.30. The van der Waals surface area contributed by atoms with Crippen molar-refractivity contribution >= 4 is 22.2 Å². The minimum atomic E-state index is 0.430. The van der Waals surface area contributed by atoms with E-state index in [1.165, 1.54) is 0 Å². The summed E-state index contributed by atoms with van der Waals surface area (Å²) in [5.41, 5.74) is 3.73. The highest BCUT2D eigenvalue weighted by atomic mass is 35.5. The lowest BCUT2D eigenvalue weighted by molar-refractivity contribution is -0.00978. The molecule has 0 fully saturated rings. The Labute approximate surface area is 254 Å². The molecule has 3 aromatic rings. The van der Waals surface area contributed by atoms with Crippen molar-refractivity contribution in [3.05, 3.63) is 89.5 Å². The first-order valence-electron chi connectivity index (χ1n) is 13.9. The molecule has 0 aliphatic carbocycles. The van der Waals surface area contributed by atoms with Crippen LogP contribution in [0.5, 0.6) is 17.2 Å². The maximum absolute atomic E-state index is 6.99. The minimum absolute atomic E-state index is 0.430. The van der Waals surface area contributed by atoms with E-state index in [0.29, 0.717) is 71.1 Å². The molecule has 0 heterocycles. The van der Waals surface area contributed by atoms with Crippen LogP contribution in [-0.4, -0.2) is 87.4 Å². The Kier molecular flexibility index (Phi) is 15.8. The number of methoxy groups -OCH3 is 3. The molecule has 0 spiro atoms. The van der Waals surface area contributed by atoms with E-state index >= 15 is 0 Å². The van der Waals surface area contributed by atoms with Gasteiger partial charge < -0.3 is 37.9 Å². The summed E-state index contributed by atoms with van der Waals surface area (Å²) in [5, 5.41) is 0.630. The Hall–Kier alpha value is -3.11. The fourth-order valence-electron chi connectivity index (χ4n) is 3.90. The van der Waals surface area contributed by atoms with Crippen LogP contribution in [0.25, 0.3) is 10.6 Å². The molecular weight excluding hydrogens is 560 g/mol. The summed E-state index contributed by atoms with van der Waals surface area (Å²) in [6.07, 6.45) is 0. The zero-order valence-corrected chi connectivity index (χ0v) is 25.4. The number of ether oxygens (including phenoxy) is 8. The molecule has 0 N–H and O–H groups in total. The van der Waals surface area contributed by atoms with Gasteiger partial charge in [0, 0.05) is 12.7 Å². The second-order valence-electron chi connectivity index (χ2n) is 8.96. The maximum Gasteiger partial charge on any atom is 0.119 e. The first kappa shape index (κ1) is 33.4. The van der Waals surface area contributed by atoms with Crippen LogP contribution >= 0.6 is 11.6 Å². The van der Waals surface area contributed by atoms with E-state index in [1.54, 1.807) is 21.3 Å². The third kappa shape index (κ3) is 11.6. The quantitative estimate of drug-likeness (QED) is 0.110. The van der Waals surface area contributed by atoms with Crippen molar-refractivity contribution in [3.63, 3.8) is 0 Å². The lowest BCUT2D eigenvalue weighted by Gasteiger charge is -2.14. The summed E-state index contributed by atoms with van der Waals surface area (Å²) in [6, 6.07) is 23.4. The summed E-state index contributed by atoms with van der Waals surface area (Å²) >= 11 is 6.99. The van der Waals surface area contributed by atoms with Gasteiger partial charge in [0.05, 0.1) is 78.7 Å². The van der Waals surface area contributed by atoms with Crippen LogP contribution < -0.4 is 14.2 Å². The topological polar surface area (TPSA) is 73.8 Å². The van der Waals surface area contributed by atoms with Crippen LogP contribution in [0.4, 0.5) is 0 Å². The summed E-state index contributed by atoms with van der Waals surface area (Å²) in [4.78, 5) is 0. The first-order chi connectivity index (χ1) is 20.7. The standard InChI is InChI=1S/C33H41ClO8/c1-35-16-17-38-18-19-39-20-21-40-22-23-41-24-25-42-31-14-6-27(7-15-31)32(26-4-10-29(36-2)11-5-26)33(34)28-8-12-30(37-3)13-9-28/h4-15H,16-25H2,1-3H3. The summed E-state index contributed by atoms with van der Waals surface area (Å²) in [7, 11) is 4.94. The van der Waals surface area contributed by atoms with Gasteiger partial charge in [-0.25, -0.2) is 0 Å². The molecule has 0 atom stereocenters. The van der Waals surface area contributed by atoms with Crippen molar-refractivity contribution in [2.24, 2.45) is 0 Å². The van der Waals surface area contributed by atoms with Crippen LogP contribution in [0.15, 0.2) is 72.8 Å². The number of hydrogen-bond donors (Lipinski definition) is 0. The van der Waals surface area contributed by atoms with Gasteiger partial charge in [0.15, 0.2) is 0 Å². The van der Waals surface area contributed by atoms with Crippen LogP contribution in [0.3, 0.4) is 0 Å². The number of halogens is 1. The van der Waals surface area contributed by atoms with E-state index in [2.05, 4.69) is 0 Å². The molecule has 3 aromatic carbocycles. The molecule has 3 rings (SSSR count). The molecule has 42 heavy (non-hydrogen) atoms. The zero-order chi connectivity index (χ0) is 29.8. The molecule has 0 amide bonds. The van der Waals surface area contributed by atoms with Gasteiger partial charge in [-0.1, -0.05) is 35.9 Å². The Morgan fingerprint density at radius 1 is 0.452 bits per heavy atom. The molecule has 9 heteroatoms. The van der Waals surface area contributed by atoms with Gasteiger partial charge in [0.2, 0.25) is 0 Å². The molecule has 0 saturated heterocycles. The van der Waals surface area contributed by atoms with Crippen molar-refractivity contribution in [1.29, 1.82) is 0 Å².